The Balaban J connectivity index is 1.44. The van der Waals surface area contributed by atoms with Crippen LogP contribution in [0.15, 0.2) is 52.1 Å². The molecule has 0 radical (unpaired) electrons. The van der Waals surface area contributed by atoms with E-state index in [0.717, 1.165) is 35.9 Å². The van der Waals surface area contributed by atoms with Crippen molar-refractivity contribution >= 4 is 21.1 Å². The van der Waals surface area contributed by atoms with Crippen LogP contribution in [0.4, 0.5) is 0 Å². The smallest absolute Gasteiger partial charge is 0.240 e. The third kappa shape index (κ3) is 2.95. The van der Waals surface area contributed by atoms with Gasteiger partial charge in [0, 0.05) is 6.54 Å². The molecule has 24 heavy (non-hydrogen) atoms. The van der Waals surface area contributed by atoms with Crippen LogP contribution in [0, 0.1) is 0 Å². The lowest BCUT2D eigenvalue weighted by molar-refractivity contribution is 0.581. The summed E-state index contributed by atoms with van der Waals surface area (Å²) >= 11 is 0. The zero-order valence-electron chi connectivity index (χ0n) is 13.2. The molecule has 0 saturated heterocycles. The fourth-order valence-electron chi connectivity index (χ4n) is 3.18. The molecule has 5 nitrogen and oxygen atoms in total. The molecular formula is C18H18N2O3S. The molecule has 0 fully saturated rings. The summed E-state index contributed by atoms with van der Waals surface area (Å²) in [6.45, 7) is 0.346. The molecule has 6 heteroatoms. The van der Waals surface area contributed by atoms with E-state index < -0.39 is 10.0 Å². The Bertz CT molecular complexity index is 992. The van der Waals surface area contributed by atoms with Crippen LogP contribution in [0.25, 0.3) is 11.1 Å². The van der Waals surface area contributed by atoms with Gasteiger partial charge >= 0.3 is 0 Å². The van der Waals surface area contributed by atoms with Crippen molar-refractivity contribution in [1.29, 1.82) is 0 Å². The topological polar surface area (TPSA) is 72.2 Å². The van der Waals surface area contributed by atoms with Gasteiger partial charge in [0.1, 0.15) is 5.52 Å². The van der Waals surface area contributed by atoms with Gasteiger partial charge in [-0.05, 0) is 66.6 Å². The van der Waals surface area contributed by atoms with Crippen LogP contribution >= 0.6 is 0 Å². The highest BCUT2D eigenvalue weighted by Gasteiger charge is 2.18. The standard InChI is InChI=1S/C18H18N2O3S/c21-24(22,16-6-5-14-2-1-3-15(14)11-16)20-9-8-13-4-7-17-18(10-13)23-12-19-17/h4-7,10-12,20H,1-3,8-9H2. The molecule has 1 aliphatic rings. The van der Waals surface area contributed by atoms with Crippen molar-refractivity contribution in [3.63, 3.8) is 0 Å². The van der Waals surface area contributed by atoms with Gasteiger partial charge in [0.25, 0.3) is 0 Å². The molecule has 4 rings (SSSR count). The van der Waals surface area contributed by atoms with Crippen molar-refractivity contribution in [3.05, 3.63) is 59.5 Å². The molecule has 124 valence electrons. The van der Waals surface area contributed by atoms with Gasteiger partial charge in [-0.3, -0.25) is 0 Å². The van der Waals surface area contributed by atoms with Crippen LogP contribution in [-0.4, -0.2) is 19.9 Å². The SMILES string of the molecule is O=S(=O)(NCCc1ccc2ncoc2c1)c1ccc2c(c1)CCC2. The maximum absolute atomic E-state index is 12.5. The molecule has 0 saturated carbocycles. The summed E-state index contributed by atoms with van der Waals surface area (Å²) in [5.41, 5.74) is 4.96. The minimum absolute atomic E-state index is 0.346. The van der Waals surface area contributed by atoms with Crippen LogP contribution in [-0.2, 0) is 29.3 Å². The first-order valence-corrected chi connectivity index (χ1v) is 9.54. The van der Waals surface area contributed by atoms with E-state index >= 15 is 0 Å². The number of nitrogens with zero attached hydrogens (tertiary/aromatic N) is 1. The lowest BCUT2D eigenvalue weighted by Crippen LogP contribution is -2.26. The van der Waals surface area contributed by atoms with Crippen molar-refractivity contribution in [2.75, 3.05) is 6.54 Å². The summed E-state index contributed by atoms with van der Waals surface area (Å²) in [5.74, 6) is 0. The highest BCUT2D eigenvalue weighted by molar-refractivity contribution is 7.89. The maximum Gasteiger partial charge on any atom is 0.240 e. The predicted octanol–water partition coefficient (Wildman–Crippen LogP) is 2.84. The number of aromatic nitrogens is 1. The van der Waals surface area contributed by atoms with E-state index in [1.165, 1.54) is 12.0 Å². The Morgan fingerprint density at radius 3 is 2.88 bits per heavy atom. The van der Waals surface area contributed by atoms with Crippen LogP contribution in [0.3, 0.4) is 0 Å². The molecule has 0 amide bonds. The van der Waals surface area contributed by atoms with Crippen LogP contribution < -0.4 is 4.72 Å². The second-order valence-electron chi connectivity index (χ2n) is 6.09. The lowest BCUT2D eigenvalue weighted by Gasteiger charge is -2.08. The summed E-state index contributed by atoms with van der Waals surface area (Å²) < 4.78 is 32.9. The van der Waals surface area contributed by atoms with E-state index in [1.807, 2.05) is 30.3 Å². The summed E-state index contributed by atoms with van der Waals surface area (Å²) in [6.07, 6.45) is 5.13. The molecular weight excluding hydrogens is 324 g/mol. The third-order valence-electron chi connectivity index (χ3n) is 4.48. The van der Waals surface area contributed by atoms with Gasteiger partial charge in [-0.15, -0.1) is 0 Å². The van der Waals surface area contributed by atoms with Gasteiger partial charge < -0.3 is 4.42 Å². The molecule has 0 unspecified atom stereocenters. The van der Waals surface area contributed by atoms with Crippen LogP contribution in [0.2, 0.25) is 0 Å². The number of nitrogens with one attached hydrogen (secondary N) is 1. The summed E-state index contributed by atoms with van der Waals surface area (Å²) in [6, 6.07) is 11.2. The molecule has 1 N–H and O–H groups in total. The fraction of sp³-hybridized carbons (Fsp3) is 0.278. The normalized spacial score (nSPS) is 14.2. The number of rotatable bonds is 5. The molecule has 2 aromatic carbocycles. The molecule has 1 aromatic heterocycles. The first-order valence-electron chi connectivity index (χ1n) is 8.05. The lowest BCUT2D eigenvalue weighted by atomic mass is 10.1. The predicted molar refractivity (Wildman–Crippen MR) is 91.4 cm³/mol. The monoisotopic (exact) mass is 342 g/mol. The number of fused-ring (bicyclic) bond motifs is 2. The molecule has 0 spiro atoms. The third-order valence-corrected chi connectivity index (χ3v) is 5.94. The Kier molecular flexibility index (Phi) is 3.86. The Hall–Kier alpha value is -2.18. The second-order valence-corrected chi connectivity index (χ2v) is 7.85. The van der Waals surface area contributed by atoms with Crippen molar-refractivity contribution in [2.24, 2.45) is 0 Å². The number of hydrogen-bond donors (Lipinski definition) is 1. The van der Waals surface area contributed by atoms with E-state index in [1.54, 1.807) is 6.07 Å². The largest absolute Gasteiger partial charge is 0.443 e. The highest BCUT2D eigenvalue weighted by Crippen LogP contribution is 2.24. The number of sulfonamides is 1. The molecule has 1 heterocycles. The van der Waals surface area contributed by atoms with Crippen molar-refractivity contribution < 1.29 is 12.8 Å². The number of aryl methyl sites for hydroxylation is 2. The number of hydrogen-bond acceptors (Lipinski definition) is 4. The summed E-state index contributed by atoms with van der Waals surface area (Å²) in [7, 11) is -3.47. The molecule has 0 bridgehead atoms. The zero-order chi connectivity index (χ0) is 16.6. The van der Waals surface area contributed by atoms with E-state index in [9.17, 15) is 8.42 Å². The van der Waals surface area contributed by atoms with Gasteiger partial charge in [0.15, 0.2) is 12.0 Å². The Morgan fingerprint density at radius 2 is 1.96 bits per heavy atom. The number of benzene rings is 2. The van der Waals surface area contributed by atoms with E-state index in [-0.39, 0.29) is 0 Å². The van der Waals surface area contributed by atoms with Crippen molar-refractivity contribution in [3.8, 4) is 0 Å². The Morgan fingerprint density at radius 1 is 1.08 bits per heavy atom. The average molecular weight is 342 g/mol. The molecule has 1 aliphatic carbocycles. The molecule has 0 atom stereocenters. The first kappa shape index (κ1) is 15.4. The second kappa shape index (κ2) is 6.03. The fourth-order valence-corrected chi connectivity index (χ4v) is 4.27. The average Bonchev–Trinajstić information content (AvgIpc) is 3.22. The minimum Gasteiger partial charge on any atom is -0.443 e. The molecule has 0 aliphatic heterocycles. The van der Waals surface area contributed by atoms with Gasteiger partial charge in [0.2, 0.25) is 10.0 Å². The molecule has 3 aromatic rings. The Labute approximate surface area is 140 Å². The summed E-state index contributed by atoms with van der Waals surface area (Å²) in [4.78, 5) is 4.42. The number of oxazole rings is 1. The maximum atomic E-state index is 12.5. The minimum atomic E-state index is -3.47. The highest BCUT2D eigenvalue weighted by atomic mass is 32.2. The van der Waals surface area contributed by atoms with Crippen molar-refractivity contribution in [2.45, 2.75) is 30.6 Å². The van der Waals surface area contributed by atoms with E-state index in [4.69, 9.17) is 4.42 Å². The van der Waals surface area contributed by atoms with Gasteiger partial charge in [-0.1, -0.05) is 12.1 Å². The van der Waals surface area contributed by atoms with Gasteiger partial charge in [-0.2, -0.15) is 0 Å². The quantitative estimate of drug-likeness (QED) is 0.774. The van der Waals surface area contributed by atoms with Gasteiger partial charge in [-0.25, -0.2) is 18.1 Å². The zero-order valence-corrected chi connectivity index (χ0v) is 14.0. The van der Waals surface area contributed by atoms with E-state index in [2.05, 4.69) is 9.71 Å². The van der Waals surface area contributed by atoms with Crippen LogP contribution in [0.1, 0.15) is 23.1 Å². The first-order chi connectivity index (χ1) is 11.6. The summed E-state index contributed by atoms with van der Waals surface area (Å²) in [5, 5.41) is 0. The van der Waals surface area contributed by atoms with Crippen molar-refractivity contribution in [1.82, 2.24) is 9.71 Å². The van der Waals surface area contributed by atoms with Gasteiger partial charge in [0.05, 0.1) is 4.90 Å². The van der Waals surface area contributed by atoms with E-state index in [0.29, 0.717) is 23.4 Å². The van der Waals surface area contributed by atoms with Crippen LogP contribution in [0.5, 0.6) is 0 Å².